The number of hydrogen-bond donors (Lipinski definition) is 0. The zero-order valence-electron chi connectivity index (χ0n) is 18.2. The number of imide groups is 1. The molecule has 9 heteroatoms. The number of carbonyl (C=O) groups is 3. The van der Waals surface area contributed by atoms with Gasteiger partial charge in [-0.15, -0.1) is 0 Å². The summed E-state index contributed by atoms with van der Waals surface area (Å²) in [6, 6.07) is 10.4. The highest BCUT2D eigenvalue weighted by Gasteiger charge is 2.59. The number of fused-ring (bicyclic) bond motifs is 5. The fourth-order valence-electron chi connectivity index (χ4n) is 5.27. The quantitative estimate of drug-likeness (QED) is 0.487. The van der Waals surface area contributed by atoms with Crippen LogP contribution >= 0.6 is 0 Å². The Bertz CT molecular complexity index is 1180. The second-order valence-electron chi connectivity index (χ2n) is 8.76. The van der Waals surface area contributed by atoms with Crippen LogP contribution in [0, 0.1) is 23.7 Å². The van der Waals surface area contributed by atoms with Crippen molar-refractivity contribution in [2.75, 3.05) is 18.7 Å². The van der Waals surface area contributed by atoms with Gasteiger partial charge in [0, 0.05) is 11.3 Å². The van der Waals surface area contributed by atoms with Gasteiger partial charge < -0.3 is 4.74 Å². The van der Waals surface area contributed by atoms with Gasteiger partial charge in [-0.2, -0.15) is 13.2 Å². The van der Waals surface area contributed by atoms with Gasteiger partial charge in [0.25, 0.3) is 5.91 Å². The molecule has 1 heterocycles. The Morgan fingerprint density at radius 3 is 2.29 bits per heavy atom. The van der Waals surface area contributed by atoms with Gasteiger partial charge in [0.05, 0.1) is 24.5 Å². The Balaban J connectivity index is 1.52. The van der Waals surface area contributed by atoms with E-state index in [1.165, 1.54) is 31.4 Å². The first-order chi connectivity index (χ1) is 16.2. The first-order valence-corrected chi connectivity index (χ1v) is 10.9. The van der Waals surface area contributed by atoms with E-state index in [0.717, 1.165) is 28.4 Å². The maximum Gasteiger partial charge on any atom is 0.416 e. The van der Waals surface area contributed by atoms with E-state index in [1.54, 1.807) is 12.1 Å². The average molecular weight is 470 g/mol. The van der Waals surface area contributed by atoms with Crippen LogP contribution in [-0.2, 0) is 15.8 Å². The molecule has 1 saturated heterocycles. The third kappa shape index (κ3) is 3.55. The Morgan fingerprint density at radius 2 is 1.68 bits per heavy atom. The summed E-state index contributed by atoms with van der Waals surface area (Å²) in [6.07, 6.45) is 0.0293. The van der Waals surface area contributed by atoms with Gasteiger partial charge in [-0.25, -0.2) is 0 Å². The number of alkyl halides is 3. The number of hydrogen-bond acceptors (Lipinski definition) is 4. The molecule has 2 bridgehead atoms. The van der Waals surface area contributed by atoms with E-state index in [2.05, 4.69) is 0 Å². The summed E-state index contributed by atoms with van der Waals surface area (Å²) in [7, 11) is 1.43. The summed E-state index contributed by atoms with van der Waals surface area (Å²) >= 11 is 0. The molecule has 4 atom stereocenters. The topological polar surface area (TPSA) is 66.9 Å². The molecule has 0 aromatic heterocycles. The fourth-order valence-corrected chi connectivity index (χ4v) is 5.27. The molecule has 34 heavy (non-hydrogen) atoms. The highest BCUT2D eigenvalue weighted by molar-refractivity contribution is 6.10. The van der Waals surface area contributed by atoms with Crippen molar-refractivity contribution in [2.24, 2.45) is 23.7 Å². The molecule has 0 radical (unpaired) electrons. The van der Waals surface area contributed by atoms with Gasteiger partial charge in [-0.05, 0) is 54.7 Å². The number of likely N-dealkylation sites (tertiary alicyclic amines) is 1. The molecule has 4 unspecified atom stereocenters. The molecular formula is C25H21F3N2O4. The van der Waals surface area contributed by atoms with Crippen molar-refractivity contribution < 1.29 is 32.3 Å². The molecule has 1 aliphatic heterocycles. The van der Waals surface area contributed by atoms with Crippen molar-refractivity contribution >= 4 is 23.4 Å². The van der Waals surface area contributed by atoms with Crippen LogP contribution in [0.5, 0.6) is 5.75 Å². The fraction of sp³-hybridized carbons (Fsp3) is 0.320. The van der Waals surface area contributed by atoms with Gasteiger partial charge >= 0.3 is 6.18 Å². The molecule has 2 aromatic rings. The SMILES string of the molecule is COc1cccc(C(=O)N(CN2C(=O)C3C4C=CC(C4)C3C2=O)c2cccc(C(F)(F)F)c2)c1. The lowest BCUT2D eigenvalue weighted by atomic mass is 9.85. The maximum absolute atomic E-state index is 13.5. The normalized spacial score (nSPS) is 25.1. The largest absolute Gasteiger partial charge is 0.497 e. The predicted octanol–water partition coefficient (Wildman–Crippen LogP) is 4.13. The molecule has 176 valence electrons. The molecule has 2 aromatic carbocycles. The van der Waals surface area contributed by atoms with Crippen molar-refractivity contribution in [1.29, 1.82) is 0 Å². The highest BCUT2D eigenvalue weighted by Crippen LogP contribution is 2.52. The highest BCUT2D eigenvalue weighted by atomic mass is 19.4. The lowest BCUT2D eigenvalue weighted by Gasteiger charge is -2.28. The van der Waals surface area contributed by atoms with Crippen molar-refractivity contribution in [3.05, 3.63) is 71.8 Å². The van der Waals surface area contributed by atoms with Crippen molar-refractivity contribution in [3.63, 3.8) is 0 Å². The Labute approximate surface area is 193 Å². The van der Waals surface area contributed by atoms with Crippen LogP contribution in [0.15, 0.2) is 60.7 Å². The molecular weight excluding hydrogens is 449 g/mol. The lowest BCUT2D eigenvalue weighted by molar-refractivity contribution is -0.141. The van der Waals surface area contributed by atoms with Gasteiger partial charge in [0.15, 0.2) is 0 Å². The van der Waals surface area contributed by atoms with E-state index in [0.29, 0.717) is 5.75 Å². The van der Waals surface area contributed by atoms with Gasteiger partial charge in [-0.1, -0.05) is 24.3 Å². The van der Waals surface area contributed by atoms with E-state index in [4.69, 9.17) is 4.74 Å². The number of rotatable bonds is 5. The zero-order chi connectivity index (χ0) is 24.2. The number of allylic oxidation sites excluding steroid dienone is 2. The summed E-state index contributed by atoms with van der Waals surface area (Å²) in [6.45, 7) is -0.471. The summed E-state index contributed by atoms with van der Waals surface area (Å²) in [5.74, 6) is -2.03. The van der Waals surface area contributed by atoms with E-state index >= 15 is 0 Å². The third-order valence-electron chi connectivity index (χ3n) is 6.89. The Kier molecular flexibility index (Phi) is 5.22. The minimum atomic E-state index is -4.62. The van der Waals surface area contributed by atoms with E-state index in [1.807, 2.05) is 12.2 Å². The number of nitrogens with zero attached hydrogens (tertiary/aromatic N) is 2. The van der Waals surface area contributed by atoms with Crippen LogP contribution in [-0.4, -0.2) is 36.4 Å². The monoisotopic (exact) mass is 470 g/mol. The molecule has 1 saturated carbocycles. The van der Waals surface area contributed by atoms with Crippen LogP contribution in [0.25, 0.3) is 0 Å². The smallest absolute Gasteiger partial charge is 0.416 e. The Hall–Kier alpha value is -3.62. The van der Waals surface area contributed by atoms with Crippen molar-refractivity contribution in [1.82, 2.24) is 4.90 Å². The average Bonchev–Trinajstić information content (AvgIpc) is 3.51. The van der Waals surface area contributed by atoms with Gasteiger partial charge in [0.1, 0.15) is 12.4 Å². The second-order valence-corrected chi connectivity index (χ2v) is 8.76. The van der Waals surface area contributed by atoms with Crippen LogP contribution in [0.4, 0.5) is 18.9 Å². The second kappa shape index (κ2) is 8.00. The molecule has 5 rings (SSSR count). The molecule has 3 aliphatic rings. The summed E-state index contributed by atoms with van der Waals surface area (Å²) in [5.41, 5.74) is -0.856. The number of anilines is 1. The van der Waals surface area contributed by atoms with Gasteiger partial charge in [0.2, 0.25) is 11.8 Å². The number of ether oxygens (including phenoxy) is 1. The zero-order valence-corrected chi connectivity index (χ0v) is 18.2. The molecule has 0 spiro atoms. The lowest BCUT2D eigenvalue weighted by Crippen LogP contribution is -2.45. The first kappa shape index (κ1) is 22.2. The van der Waals surface area contributed by atoms with Crippen LogP contribution < -0.4 is 9.64 Å². The number of halogens is 3. The van der Waals surface area contributed by atoms with Crippen LogP contribution in [0.2, 0.25) is 0 Å². The molecule has 2 fully saturated rings. The van der Waals surface area contributed by atoms with E-state index in [9.17, 15) is 27.6 Å². The molecule has 2 aliphatic carbocycles. The van der Waals surface area contributed by atoms with E-state index < -0.39 is 36.2 Å². The molecule has 0 N–H and O–H groups in total. The maximum atomic E-state index is 13.5. The third-order valence-corrected chi connectivity index (χ3v) is 6.89. The number of amides is 3. The number of carbonyl (C=O) groups excluding carboxylic acids is 3. The van der Waals surface area contributed by atoms with Crippen molar-refractivity contribution in [2.45, 2.75) is 12.6 Å². The molecule has 3 amide bonds. The number of benzene rings is 2. The number of methoxy groups -OCH3 is 1. The summed E-state index contributed by atoms with van der Waals surface area (Å²) in [5, 5.41) is 0. The van der Waals surface area contributed by atoms with Crippen molar-refractivity contribution in [3.8, 4) is 5.75 Å². The molecule has 6 nitrogen and oxygen atoms in total. The van der Waals surface area contributed by atoms with Gasteiger partial charge in [-0.3, -0.25) is 24.2 Å². The summed E-state index contributed by atoms with van der Waals surface area (Å²) < 4.78 is 45.3. The standard InChI is InChI=1S/C25H21F3N2O4/c1-34-19-7-2-4-16(11-19)22(31)29(18-6-3-5-17(12-18)25(26,27)28)13-30-23(32)20-14-8-9-15(10-14)21(20)24(30)33/h2-9,11-12,14-15,20-21H,10,13H2,1H3. The summed E-state index contributed by atoms with van der Waals surface area (Å²) in [4.78, 5) is 41.9. The Morgan fingerprint density at radius 1 is 1.03 bits per heavy atom. The first-order valence-electron chi connectivity index (χ1n) is 10.9. The minimum Gasteiger partial charge on any atom is -0.497 e. The van der Waals surface area contributed by atoms with Crippen LogP contribution in [0.1, 0.15) is 22.3 Å². The van der Waals surface area contributed by atoms with E-state index in [-0.39, 0.29) is 34.9 Å². The van der Waals surface area contributed by atoms with Crippen LogP contribution in [0.3, 0.4) is 0 Å². The minimum absolute atomic E-state index is 0.0208. The predicted molar refractivity (Wildman–Crippen MR) is 116 cm³/mol.